The number of ether oxygens (including phenoxy) is 1. The van der Waals surface area contributed by atoms with Crippen LogP contribution in [0.25, 0.3) is 0 Å². The van der Waals surface area contributed by atoms with Gasteiger partial charge in [0, 0.05) is 29.3 Å². The van der Waals surface area contributed by atoms with Crippen LogP contribution in [0.2, 0.25) is 10.0 Å². The average molecular weight is 380 g/mol. The lowest BCUT2D eigenvalue weighted by Crippen LogP contribution is -2.36. The molecule has 3 rings (SSSR count). The summed E-state index contributed by atoms with van der Waals surface area (Å²) in [4.78, 5) is 25.3. The summed E-state index contributed by atoms with van der Waals surface area (Å²) in [6.45, 7) is 3.85. The molecule has 2 atom stereocenters. The molecule has 1 heterocycles. The van der Waals surface area contributed by atoms with Crippen molar-refractivity contribution in [1.29, 1.82) is 0 Å². The first-order valence-corrected chi connectivity index (χ1v) is 8.87. The van der Waals surface area contributed by atoms with Crippen molar-refractivity contribution in [1.82, 2.24) is 5.32 Å². The van der Waals surface area contributed by atoms with Crippen LogP contribution in [0.15, 0.2) is 40.7 Å². The SMILES string of the molecule is COC(=O)C1=C(C)NC2=C(C(=O)CC(C)C2)C1c1cccc(Cl)c1Cl. The number of Topliss-reactive ketones (excluding diaryl/α,β-unsaturated/α-hetero) is 1. The molecule has 4 nitrogen and oxygen atoms in total. The monoisotopic (exact) mass is 379 g/mol. The molecule has 0 aromatic heterocycles. The fourth-order valence-electron chi connectivity index (χ4n) is 3.67. The second-order valence-electron chi connectivity index (χ2n) is 6.56. The summed E-state index contributed by atoms with van der Waals surface area (Å²) in [6, 6.07) is 5.26. The van der Waals surface area contributed by atoms with Crippen LogP contribution in [0.1, 0.15) is 38.2 Å². The van der Waals surface area contributed by atoms with Gasteiger partial charge in [-0.3, -0.25) is 4.79 Å². The number of benzene rings is 1. The number of dihydropyridines is 1. The summed E-state index contributed by atoms with van der Waals surface area (Å²) in [5.74, 6) is -0.781. The minimum absolute atomic E-state index is 0.0243. The summed E-state index contributed by atoms with van der Waals surface area (Å²) in [6.07, 6.45) is 1.20. The van der Waals surface area contributed by atoms with E-state index < -0.39 is 11.9 Å². The molecular weight excluding hydrogens is 361 g/mol. The Morgan fingerprint density at radius 3 is 2.68 bits per heavy atom. The van der Waals surface area contributed by atoms with Crippen LogP contribution in [0.4, 0.5) is 0 Å². The van der Waals surface area contributed by atoms with Gasteiger partial charge in [0.25, 0.3) is 0 Å². The van der Waals surface area contributed by atoms with Gasteiger partial charge in [0.2, 0.25) is 0 Å². The summed E-state index contributed by atoms with van der Waals surface area (Å²) in [7, 11) is 1.33. The van der Waals surface area contributed by atoms with E-state index in [-0.39, 0.29) is 11.7 Å². The fourth-order valence-corrected chi connectivity index (χ4v) is 4.09. The first kappa shape index (κ1) is 18.0. The van der Waals surface area contributed by atoms with Crippen LogP contribution in [-0.2, 0) is 14.3 Å². The zero-order valence-corrected chi connectivity index (χ0v) is 15.8. The van der Waals surface area contributed by atoms with Gasteiger partial charge in [0.1, 0.15) is 0 Å². The zero-order chi connectivity index (χ0) is 18.3. The predicted octanol–water partition coefficient (Wildman–Crippen LogP) is 4.38. The lowest BCUT2D eigenvalue weighted by Gasteiger charge is -2.36. The van der Waals surface area contributed by atoms with Gasteiger partial charge in [-0.1, -0.05) is 42.3 Å². The molecule has 0 spiro atoms. The van der Waals surface area contributed by atoms with Gasteiger partial charge in [0.15, 0.2) is 5.78 Å². The molecule has 132 valence electrons. The van der Waals surface area contributed by atoms with Crippen molar-refractivity contribution >= 4 is 35.0 Å². The molecule has 0 saturated carbocycles. The second kappa shape index (κ2) is 6.85. The van der Waals surface area contributed by atoms with Crippen molar-refractivity contribution in [2.45, 2.75) is 32.6 Å². The number of nitrogens with one attached hydrogen (secondary N) is 1. The van der Waals surface area contributed by atoms with E-state index in [0.717, 1.165) is 12.1 Å². The second-order valence-corrected chi connectivity index (χ2v) is 7.35. The van der Waals surface area contributed by atoms with Gasteiger partial charge in [0.05, 0.1) is 22.7 Å². The van der Waals surface area contributed by atoms with Crippen molar-refractivity contribution < 1.29 is 14.3 Å². The van der Waals surface area contributed by atoms with Gasteiger partial charge < -0.3 is 10.1 Å². The number of ketones is 1. The Kier molecular flexibility index (Phi) is 4.94. The van der Waals surface area contributed by atoms with Crippen molar-refractivity contribution in [3.05, 3.63) is 56.3 Å². The van der Waals surface area contributed by atoms with Crippen molar-refractivity contribution in [3.8, 4) is 0 Å². The number of methoxy groups -OCH3 is 1. The Labute approximate surface area is 156 Å². The number of carbonyl (C=O) groups excluding carboxylic acids is 2. The van der Waals surface area contributed by atoms with E-state index in [4.69, 9.17) is 27.9 Å². The number of halogens is 2. The number of rotatable bonds is 2. The third kappa shape index (κ3) is 3.09. The normalized spacial score (nSPS) is 23.3. The smallest absolute Gasteiger partial charge is 0.336 e. The minimum Gasteiger partial charge on any atom is -0.466 e. The Balaban J connectivity index is 2.26. The summed E-state index contributed by atoms with van der Waals surface area (Å²) < 4.78 is 4.97. The van der Waals surface area contributed by atoms with Crippen molar-refractivity contribution in [3.63, 3.8) is 0 Å². The Morgan fingerprint density at radius 1 is 1.28 bits per heavy atom. The van der Waals surface area contributed by atoms with E-state index in [2.05, 4.69) is 5.32 Å². The van der Waals surface area contributed by atoms with Gasteiger partial charge in [-0.2, -0.15) is 0 Å². The van der Waals surface area contributed by atoms with Crippen LogP contribution in [-0.4, -0.2) is 18.9 Å². The lowest BCUT2D eigenvalue weighted by molar-refractivity contribution is -0.136. The molecule has 1 aliphatic carbocycles. The maximum atomic E-state index is 12.8. The molecule has 2 unspecified atom stereocenters. The molecular formula is C19H19Cl2NO3. The van der Waals surface area contributed by atoms with Gasteiger partial charge in [-0.05, 0) is 30.9 Å². The molecule has 1 aromatic carbocycles. The van der Waals surface area contributed by atoms with Crippen LogP contribution in [0, 0.1) is 5.92 Å². The van der Waals surface area contributed by atoms with E-state index >= 15 is 0 Å². The molecule has 0 bridgehead atoms. The van der Waals surface area contributed by atoms with Crippen molar-refractivity contribution in [2.75, 3.05) is 7.11 Å². The van der Waals surface area contributed by atoms with Gasteiger partial charge in [-0.15, -0.1) is 0 Å². The van der Waals surface area contributed by atoms with Crippen LogP contribution >= 0.6 is 23.2 Å². The van der Waals surface area contributed by atoms with Crippen LogP contribution in [0.3, 0.4) is 0 Å². The number of allylic oxidation sites excluding steroid dienone is 3. The summed E-state index contributed by atoms with van der Waals surface area (Å²) in [5.41, 5.74) is 3.16. The molecule has 1 N–H and O–H groups in total. The number of hydrogen-bond donors (Lipinski definition) is 1. The van der Waals surface area contributed by atoms with E-state index in [9.17, 15) is 9.59 Å². The number of hydrogen-bond acceptors (Lipinski definition) is 4. The van der Waals surface area contributed by atoms with E-state index in [1.165, 1.54) is 7.11 Å². The van der Waals surface area contributed by atoms with E-state index in [0.29, 0.717) is 38.9 Å². The third-order valence-electron chi connectivity index (χ3n) is 4.73. The molecule has 0 fully saturated rings. The molecule has 2 aliphatic rings. The highest BCUT2D eigenvalue weighted by atomic mass is 35.5. The Morgan fingerprint density at radius 2 is 2.00 bits per heavy atom. The highest BCUT2D eigenvalue weighted by Crippen LogP contribution is 2.46. The fraction of sp³-hybridized carbons (Fsp3) is 0.368. The first-order chi connectivity index (χ1) is 11.8. The Bertz CT molecular complexity index is 826. The van der Waals surface area contributed by atoms with Gasteiger partial charge >= 0.3 is 5.97 Å². The zero-order valence-electron chi connectivity index (χ0n) is 14.3. The molecule has 1 aliphatic heterocycles. The molecule has 6 heteroatoms. The molecule has 25 heavy (non-hydrogen) atoms. The maximum absolute atomic E-state index is 12.8. The van der Waals surface area contributed by atoms with E-state index in [1.54, 1.807) is 18.2 Å². The quantitative estimate of drug-likeness (QED) is 0.774. The molecule has 0 saturated heterocycles. The predicted molar refractivity (Wildman–Crippen MR) is 97.5 cm³/mol. The largest absolute Gasteiger partial charge is 0.466 e. The van der Waals surface area contributed by atoms with Gasteiger partial charge in [-0.25, -0.2) is 4.79 Å². The third-order valence-corrected chi connectivity index (χ3v) is 5.56. The molecule has 0 amide bonds. The Hall–Kier alpha value is -1.78. The number of esters is 1. The average Bonchev–Trinajstić information content (AvgIpc) is 2.55. The summed E-state index contributed by atoms with van der Waals surface area (Å²) >= 11 is 12.6. The standard InChI is InChI=1S/C19H19Cl2NO3/c1-9-7-13-17(14(23)8-9)16(11-5-4-6-12(20)18(11)21)15(10(2)22-13)19(24)25-3/h4-6,9,16,22H,7-8H2,1-3H3. The highest BCUT2D eigenvalue weighted by Gasteiger charge is 2.41. The van der Waals surface area contributed by atoms with Crippen molar-refractivity contribution in [2.24, 2.45) is 5.92 Å². The lowest BCUT2D eigenvalue weighted by atomic mass is 9.73. The maximum Gasteiger partial charge on any atom is 0.336 e. The first-order valence-electron chi connectivity index (χ1n) is 8.11. The molecule has 0 radical (unpaired) electrons. The molecule has 1 aromatic rings. The van der Waals surface area contributed by atoms with E-state index in [1.807, 2.05) is 13.8 Å². The van der Waals surface area contributed by atoms with Crippen LogP contribution in [0.5, 0.6) is 0 Å². The van der Waals surface area contributed by atoms with Crippen LogP contribution < -0.4 is 5.32 Å². The number of carbonyl (C=O) groups is 2. The topological polar surface area (TPSA) is 55.4 Å². The minimum atomic E-state index is -0.574. The highest BCUT2D eigenvalue weighted by molar-refractivity contribution is 6.42. The summed E-state index contributed by atoms with van der Waals surface area (Å²) in [5, 5.41) is 3.98.